The predicted molar refractivity (Wildman–Crippen MR) is 103 cm³/mol. The second kappa shape index (κ2) is 7.87. The summed E-state index contributed by atoms with van der Waals surface area (Å²) in [5.41, 5.74) is 3.53. The lowest BCUT2D eigenvalue weighted by molar-refractivity contribution is -0.137. The highest BCUT2D eigenvalue weighted by Gasteiger charge is 2.30. The molecule has 0 spiro atoms. The van der Waals surface area contributed by atoms with Crippen LogP contribution in [0.5, 0.6) is 0 Å². The third kappa shape index (κ3) is 3.88. The molecule has 0 saturated carbocycles. The minimum Gasteiger partial charge on any atom is -0.348 e. The van der Waals surface area contributed by atoms with Gasteiger partial charge in [-0.05, 0) is 18.4 Å². The van der Waals surface area contributed by atoms with Gasteiger partial charge in [-0.15, -0.1) is 0 Å². The maximum Gasteiger partial charge on any atom is 0.226 e. The second-order valence-electron chi connectivity index (χ2n) is 7.21. The van der Waals surface area contributed by atoms with E-state index in [-0.39, 0.29) is 5.92 Å². The van der Waals surface area contributed by atoms with Crippen LogP contribution < -0.4 is 0 Å². The van der Waals surface area contributed by atoms with Gasteiger partial charge in [0.1, 0.15) is 0 Å². The average molecular weight is 350 g/mol. The molecular formula is C21H26N4O. The number of nitrogens with one attached hydrogen (secondary N) is 1. The number of hydrogen-bond donors (Lipinski definition) is 1. The zero-order valence-corrected chi connectivity index (χ0v) is 15.1. The summed E-state index contributed by atoms with van der Waals surface area (Å²) in [5, 5.41) is 0. The summed E-state index contributed by atoms with van der Waals surface area (Å²) < 4.78 is 0. The van der Waals surface area contributed by atoms with E-state index in [2.05, 4.69) is 56.2 Å². The first kappa shape index (κ1) is 17.0. The monoisotopic (exact) mass is 350 g/mol. The van der Waals surface area contributed by atoms with Crippen LogP contribution in [0.15, 0.2) is 42.7 Å². The Hall–Kier alpha value is -2.40. The van der Waals surface area contributed by atoms with Crippen molar-refractivity contribution in [1.82, 2.24) is 19.8 Å². The van der Waals surface area contributed by atoms with Crippen LogP contribution in [0.4, 0.5) is 0 Å². The standard InChI is InChI=1S/C21H26N4O/c26-21(18-8-9-19-20(15-18)23-16-22-19)25-13-11-24(12-14-25)10-4-7-17-5-2-1-3-6-17/h1-7,16,18H,8-15H2,(H,22,23). The number of aromatic nitrogens is 2. The van der Waals surface area contributed by atoms with Crippen molar-refractivity contribution in [2.45, 2.75) is 19.3 Å². The number of carbonyl (C=O) groups excluding carboxylic acids is 1. The highest BCUT2D eigenvalue weighted by atomic mass is 16.2. The number of aromatic amines is 1. The molecule has 26 heavy (non-hydrogen) atoms. The molecule has 1 saturated heterocycles. The van der Waals surface area contributed by atoms with E-state index in [0.717, 1.165) is 63.4 Å². The molecule has 2 aromatic rings. The lowest BCUT2D eigenvalue weighted by atomic mass is 9.88. The fourth-order valence-electron chi connectivity index (χ4n) is 3.92. The molecule has 1 amide bonds. The van der Waals surface area contributed by atoms with E-state index in [1.165, 1.54) is 5.56 Å². The molecule has 1 atom stereocenters. The van der Waals surface area contributed by atoms with Gasteiger partial charge in [0, 0.05) is 50.8 Å². The fourth-order valence-corrected chi connectivity index (χ4v) is 3.92. The highest BCUT2D eigenvalue weighted by Crippen LogP contribution is 2.25. The van der Waals surface area contributed by atoms with E-state index < -0.39 is 0 Å². The number of hydrogen-bond acceptors (Lipinski definition) is 3. The van der Waals surface area contributed by atoms with E-state index in [1.54, 1.807) is 6.33 Å². The van der Waals surface area contributed by atoms with E-state index in [9.17, 15) is 4.79 Å². The summed E-state index contributed by atoms with van der Waals surface area (Å²) in [4.78, 5) is 24.8. The van der Waals surface area contributed by atoms with E-state index in [0.29, 0.717) is 5.91 Å². The number of nitrogens with zero attached hydrogens (tertiary/aromatic N) is 3. The minimum atomic E-state index is 0.118. The van der Waals surface area contributed by atoms with Crippen molar-refractivity contribution >= 4 is 12.0 Å². The number of H-pyrrole nitrogens is 1. The molecule has 1 fully saturated rings. The third-order valence-corrected chi connectivity index (χ3v) is 5.49. The van der Waals surface area contributed by atoms with Crippen LogP contribution in [-0.4, -0.2) is 58.4 Å². The number of carbonyl (C=O) groups is 1. The first-order chi connectivity index (χ1) is 12.8. The third-order valence-electron chi connectivity index (χ3n) is 5.49. The molecule has 1 aliphatic heterocycles. The number of piperazine rings is 1. The van der Waals surface area contributed by atoms with Gasteiger partial charge in [0.15, 0.2) is 0 Å². The van der Waals surface area contributed by atoms with Crippen LogP contribution in [0.1, 0.15) is 23.4 Å². The van der Waals surface area contributed by atoms with E-state index >= 15 is 0 Å². The van der Waals surface area contributed by atoms with Crippen molar-refractivity contribution < 1.29 is 4.79 Å². The summed E-state index contributed by atoms with van der Waals surface area (Å²) in [6, 6.07) is 10.4. The van der Waals surface area contributed by atoms with Crippen molar-refractivity contribution in [2.24, 2.45) is 5.92 Å². The zero-order valence-electron chi connectivity index (χ0n) is 15.1. The molecule has 1 aromatic heterocycles. The highest BCUT2D eigenvalue weighted by molar-refractivity contribution is 5.79. The smallest absolute Gasteiger partial charge is 0.226 e. The molecule has 1 N–H and O–H groups in total. The molecule has 4 rings (SSSR count). The molecule has 2 heterocycles. The first-order valence-electron chi connectivity index (χ1n) is 9.53. The van der Waals surface area contributed by atoms with E-state index in [1.807, 2.05) is 6.07 Å². The van der Waals surface area contributed by atoms with Gasteiger partial charge >= 0.3 is 0 Å². The molecule has 1 aliphatic carbocycles. The minimum absolute atomic E-state index is 0.118. The Kier molecular flexibility index (Phi) is 5.16. The lowest BCUT2D eigenvalue weighted by Gasteiger charge is -2.36. The SMILES string of the molecule is O=C(C1CCc2nc[nH]c2C1)N1CCN(CC=Cc2ccccc2)CC1. The molecule has 1 unspecified atom stereocenters. The molecule has 5 nitrogen and oxygen atoms in total. The van der Waals surface area contributed by atoms with Gasteiger partial charge in [-0.3, -0.25) is 9.69 Å². The Bertz CT molecular complexity index is 759. The van der Waals surface area contributed by atoms with Crippen LogP contribution in [0, 0.1) is 5.92 Å². The van der Waals surface area contributed by atoms with Gasteiger partial charge in [0.05, 0.1) is 12.0 Å². The Morgan fingerprint density at radius 1 is 1.19 bits per heavy atom. The zero-order chi connectivity index (χ0) is 17.8. The van der Waals surface area contributed by atoms with Crippen molar-refractivity contribution in [1.29, 1.82) is 0 Å². The van der Waals surface area contributed by atoms with E-state index in [4.69, 9.17) is 0 Å². The first-order valence-corrected chi connectivity index (χ1v) is 9.53. The quantitative estimate of drug-likeness (QED) is 0.921. The molecule has 136 valence electrons. The second-order valence-corrected chi connectivity index (χ2v) is 7.21. The summed E-state index contributed by atoms with van der Waals surface area (Å²) >= 11 is 0. The lowest BCUT2D eigenvalue weighted by Crippen LogP contribution is -2.50. The Labute approximate surface area is 154 Å². The van der Waals surface area contributed by atoms with Gasteiger partial charge < -0.3 is 9.88 Å². The molecule has 0 radical (unpaired) electrons. The molecule has 5 heteroatoms. The Morgan fingerprint density at radius 2 is 2.00 bits per heavy atom. The largest absolute Gasteiger partial charge is 0.348 e. The molecule has 2 aliphatic rings. The van der Waals surface area contributed by atoms with Crippen LogP contribution >= 0.6 is 0 Å². The van der Waals surface area contributed by atoms with Crippen molar-refractivity contribution in [2.75, 3.05) is 32.7 Å². The fraction of sp³-hybridized carbons (Fsp3) is 0.429. The van der Waals surface area contributed by atoms with Crippen LogP contribution in [0.25, 0.3) is 6.08 Å². The number of rotatable bonds is 4. The average Bonchev–Trinajstić information content (AvgIpc) is 3.17. The summed E-state index contributed by atoms with van der Waals surface area (Å²) in [7, 11) is 0. The predicted octanol–water partition coefficient (Wildman–Crippen LogP) is 2.37. The van der Waals surface area contributed by atoms with Gasteiger partial charge in [0.2, 0.25) is 5.91 Å². The number of benzene rings is 1. The summed E-state index contributed by atoms with van der Waals surface area (Å²) in [6.07, 6.45) is 8.79. The normalized spacial score (nSPS) is 21.1. The maximum absolute atomic E-state index is 12.8. The Morgan fingerprint density at radius 3 is 2.81 bits per heavy atom. The van der Waals surface area contributed by atoms with Gasteiger partial charge in [-0.25, -0.2) is 4.98 Å². The Balaban J connectivity index is 1.25. The van der Waals surface area contributed by atoms with Gasteiger partial charge in [-0.2, -0.15) is 0 Å². The van der Waals surface area contributed by atoms with Crippen molar-refractivity contribution in [3.8, 4) is 0 Å². The van der Waals surface area contributed by atoms with Crippen LogP contribution in [0.3, 0.4) is 0 Å². The molecule has 1 aromatic carbocycles. The topological polar surface area (TPSA) is 52.2 Å². The maximum atomic E-state index is 12.8. The van der Waals surface area contributed by atoms with Crippen LogP contribution in [0.2, 0.25) is 0 Å². The van der Waals surface area contributed by atoms with Crippen LogP contribution in [-0.2, 0) is 17.6 Å². The number of fused-ring (bicyclic) bond motifs is 1. The van der Waals surface area contributed by atoms with Gasteiger partial charge in [0.25, 0.3) is 0 Å². The van der Waals surface area contributed by atoms with Crippen molar-refractivity contribution in [3.63, 3.8) is 0 Å². The van der Waals surface area contributed by atoms with Crippen molar-refractivity contribution in [3.05, 3.63) is 59.7 Å². The molecule has 0 bridgehead atoms. The molecular weight excluding hydrogens is 324 g/mol. The van der Waals surface area contributed by atoms with Gasteiger partial charge in [-0.1, -0.05) is 42.5 Å². The number of imidazole rings is 1. The number of amides is 1. The summed E-state index contributed by atoms with van der Waals surface area (Å²) in [5.74, 6) is 0.442. The number of aryl methyl sites for hydroxylation is 1. The summed E-state index contributed by atoms with van der Waals surface area (Å²) in [6.45, 7) is 4.52.